The predicted molar refractivity (Wildman–Crippen MR) is 156 cm³/mol. The molecule has 3 aromatic rings. The summed E-state index contributed by atoms with van der Waals surface area (Å²) in [6.45, 7) is 6.85. The lowest BCUT2D eigenvalue weighted by Crippen LogP contribution is -2.39. The molecule has 0 atom stereocenters. The molecule has 1 N–H and O–H groups in total. The minimum absolute atomic E-state index is 0.0233. The van der Waals surface area contributed by atoms with Crippen LogP contribution in [-0.4, -0.2) is 76.6 Å². The molecule has 1 saturated heterocycles. The Bertz CT molecular complexity index is 1600. The molecule has 1 saturated carbocycles. The number of aromatic nitrogens is 5. The van der Waals surface area contributed by atoms with E-state index in [0.717, 1.165) is 25.7 Å². The molecule has 42 heavy (non-hydrogen) atoms. The quantitative estimate of drug-likeness (QED) is 0.290. The monoisotopic (exact) mass is 622 g/mol. The van der Waals surface area contributed by atoms with E-state index < -0.39 is 23.2 Å². The lowest BCUT2D eigenvalue weighted by Gasteiger charge is -2.32. The van der Waals surface area contributed by atoms with Gasteiger partial charge in [0.15, 0.2) is 11.6 Å². The molecule has 0 unspecified atom stereocenters. The molecule has 2 aliphatic rings. The first-order valence-corrected chi connectivity index (χ1v) is 17.9. The molecule has 230 valence electrons. The Morgan fingerprint density at radius 3 is 2.33 bits per heavy atom. The number of ether oxygens (including phenoxy) is 1. The molecule has 13 nitrogen and oxygen atoms in total. The maximum Gasteiger partial charge on any atom is 0.330 e. The normalized spacial score (nSPS) is 17.8. The van der Waals surface area contributed by atoms with Crippen LogP contribution in [0.4, 0.5) is 0 Å². The predicted octanol–water partition coefficient (Wildman–Crippen LogP) is 4.20. The van der Waals surface area contributed by atoms with Gasteiger partial charge in [0.2, 0.25) is 15.7 Å². The van der Waals surface area contributed by atoms with E-state index in [1.807, 2.05) is 6.92 Å². The number of H-pyrrole nitrogens is 1. The number of hydrogen-bond donors (Lipinski definition) is 1. The fourth-order valence-corrected chi connectivity index (χ4v) is 9.42. The summed E-state index contributed by atoms with van der Waals surface area (Å²) in [6, 6.07) is 4.59. The van der Waals surface area contributed by atoms with Crippen LogP contribution in [0, 0.1) is 5.92 Å². The van der Waals surface area contributed by atoms with Crippen molar-refractivity contribution in [2.45, 2.75) is 70.1 Å². The first-order valence-electron chi connectivity index (χ1n) is 14.7. The maximum absolute atomic E-state index is 13.8. The van der Waals surface area contributed by atoms with Gasteiger partial charge in [-0.15, -0.1) is 15.3 Å². The van der Waals surface area contributed by atoms with Crippen LogP contribution in [0.25, 0.3) is 17.0 Å². The van der Waals surface area contributed by atoms with E-state index in [9.17, 15) is 17.8 Å². The van der Waals surface area contributed by atoms with E-state index in [-0.39, 0.29) is 60.7 Å². The summed E-state index contributed by atoms with van der Waals surface area (Å²) in [5, 5.41) is 13.0. The minimum atomic E-state index is -3.88. The number of nitrogens with one attached hydrogen (secondary N) is 1. The second-order valence-electron chi connectivity index (χ2n) is 10.6. The highest BCUT2D eigenvalue weighted by Gasteiger charge is 2.35. The Kier molecular flexibility index (Phi) is 9.48. The third-order valence-corrected chi connectivity index (χ3v) is 12.0. The van der Waals surface area contributed by atoms with Gasteiger partial charge in [-0.3, -0.25) is 9.36 Å². The number of benzene rings is 1. The van der Waals surface area contributed by atoms with Crippen molar-refractivity contribution in [2.24, 2.45) is 5.92 Å². The average Bonchev–Trinajstić information content (AvgIpc) is 3.64. The van der Waals surface area contributed by atoms with Crippen molar-refractivity contribution in [3.05, 3.63) is 34.4 Å². The molecule has 1 aromatic carbocycles. The molecule has 5 rings (SSSR count). The number of aromatic amines is 1. The van der Waals surface area contributed by atoms with Crippen LogP contribution in [0.1, 0.15) is 71.0 Å². The number of fused-ring (bicyclic) bond motifs is 1. The molecule has 3 heterocycles. The average molecular weight is 623 g/mol. The van der Waals surface area contributed by atoms with Gasteiger partial charge in [-0.2, -0.15) is 8.82 Å². The highest BCUT2D eigenvalue weighted by molar-refractivity contribution is 7.89. The van der Waals surface area contributed by atoms with Crippen LogP contribution in [0.15, 0.2) is 27.9 Å². The zero-order valence-electron chi connectivity index (χ0n) is 24.3. The van der Waals surface area contributed by atoms with Gasteiger partial charge in [-0.1, -0.05) is 12.8 Å². The van der Waals surface area contributed by atoms with E-state index in [1.165, 1.54) is 21.0 Å². The fraction of sp³-hybridized carbons (Fsp3) is 0.630. The van der Waals surface area contributed by atoms with Gasteiger partial charge in [-0.05, 0) is 70.6 Å². The summed E-state index contributed by atoms with van der Waals surface area (Å²) in [6.07, 6.45) is 5.41. The minimum Gasteiger partial charge on any atom is -0.493 e. The fourth-order valence-electron chi connectivity index (χ4n) is 5.85. The lowest BCUT2D eigenvalue weighted by atomic mass is 10.0. The second-order valence-corrected chi connectivity index (χ2v) is 14.7. The molecule has 0 amide bonds. The molecule has 1 aliphatic carbocycles. The van der Waals surface area contributed by atoms with Gasteiger partial charge in [0.05, 0.1) is 36.4 Å². The van der Waals surface area contributed by atoms with E-state index >= 15 is 0 Å². The van der Waals surface area contributed by atoms with Crippen molar-refractivity contribution < 1.29 is 26.8 Å². The molecule has 15 heteroatoms. The number of nitrogens with zero attached hydrogens (tertiary/aromatic N) is 5. The third-order valence-electron chi connectivity index (χ3n) is 7.87. The van der Waals surface area contributed by atoms with Gasteiger partial charge in [0.1, 0.15) is 5.75 Å². The van der Waals surface area contributed by atoms with Gasteiger partial charge in [0.25, 0.3) is 5.56 Å². The Hall–Kier alpha value is -2.64. The van der Waals surface area contributed by atoms with Crippen LogP contribution in [0.5, 0.6) is 5.75 Å². The highest BCUT2D eigenvalue weighted by atomic mass is 32.2. The van der Waals surface area contributed by atoms with E-state index in [0.29, 0.717) is 36.6 Å². The van der Waals surface area contributed by atoms with E-state index in [2.05, 4.69) is 20.3 Å². The van der Waals surface area contributed by atoms with E-state index in [1.54, 1.807) is 19.9 Å². The number of rotatable bonds is 12. The smallest absolute Gasteiger partial charge is 0.330 e. The molecule has 2 fully saturated rings. The van der Waals surface area contributed by atoms with Crippen molar-refractivity contribution in [3.8, 4) is 17.1 Å². The maximum atomic E-state index is 13.8. The Morgan fingerprint density at radius 2 is 1.69 bits per heavy atom. The summed E-state index contributed by atoms with van der Waals surface area (Å²) >= 11 is 0. The standard InChI is InChI=1S/C27H39N6O7PS/c1-4-38-23-12-11-21(42(36,37)32-15-13-19(14-16-32)18-41(35,39-5-2)40-6-3)17-22(23)24-28-27(34)26-30-29-25(33(26)31-24)20-9-7-8-10-20/h11-12,17,19-20H,4-10,13-16,18H2,1-3H3,(H,28,31,34). The van der Waals surface area contributed by atoms with Crippen LogP contribution < -0.4 is 10.3 Å². The Morgan fingerprint density at radius 1 is 1.00 bits per heavy atom. The third kappa shape index (κ3) is 6.33. The van der Waals surface area contributed by atoms with Gasteiger partial charge in [-0.25, -0.2) is 8.42 Å². The zero-order chi connectivity index (χ0) is 29.9. The summed E-state index contributed by atoms with van der Waals surface area (Å²) in [5.74, 6) is 1.40. The van der Waals surface area contributed by atoms with E-state index in [4.69, 9.17) is 13.8 Å². The molecule has 0 radical (unpaired) electrons. The van der Waals surface area contributed by atoms with Crippen LogP contribution in [-0.2, 0) is 23.6 Å². The summed E-state index contributed by atoms with van der Waals surface area (Å²) in [7, 11) is -7.10. The van der Waals surface area contributed by atoms with Crippen LogP contribution in [0.3, 0.4) is 0 Å². The highest BCUT2D eigenvalue weighted by Crippen LogP contribution is 2.51. The first kappa shape index (κ1) is 30.8. The largest absolute Gasteiger partial charge is 0.493 e. The van der Waals surface area contributed by atoms with Crippen molar-refractivity contribution in [1.29, 1.82) is 0 Å². The number of hydrogen-bond acceptors (Lipinski definition) is 10. The number of sulfonamides is 1. The molecule has 2 aromatic heterocycles. The second kappa shape index (κ2) is 12.9. The van der Waals surface area contributed by atoms with Crippen molar-refractivity contribution in [1.82, 2.24) is 29.1 Å². The summed E-state index contributed by atoms with van der Waals surface area (Å²) < 4.78 is 60.1. The molecular weight excluding hydrogens is 583 g/mol. The zero-order valence-corrected chi connectivity index (χ0v) is 26.0. The molecule has 1 aliphatic heterocycles. The molecular formula is C27H39N6O7PS. The Balaban J connectivity index is 1.42. The summed E-state index contributed by atoms with van der Waals surface area (Å²) in [4.78, 5) is 15.8. The van der Waals surface area contributed by atoms with Crippen LogP contribution in [0.2, 0.25) is 0 Å². The molecule has 0 spiro atoms. The topological polar surface area (TPSA) is 158 Å². The van der Waals surface area contributed by atoms with Crippen molar-refractivity contribution in [3.63, 3.8) is 0 Å². The van der Waals surface area contributed by atoms with Crippen LogP contribution >= 0.6 is 7.60 Å². The summed E-state index contributed by atoms with van der Waals surface area (Å²) in [5.41, 5.74) is -0.0124. The number of piperidine rings is 1. The van der Waals surface area contributed by atoms with Crippen molar-refractivity contribution in [2.75, 3.05) is 39.1 Å². The Labute approximate surface area is 245 Å². The SMILES string of the molecule is CCOc1ccc(S(=O)(=O)N2CCC(CP(=O)(OCC)OCC)CC2)cc1-c1nn2c(C3CCCC3)nnc2c(=O)[nH]1. The lowest BCUT2D eigenvalue weighted by molar-refractivity contribution is 0.207. The van der Waals surface area contributed by atoms with Gasteiger partial charge < -0.3 is 18.8 Å². The molecule has 0 bridgehead atoms. The van der Waals surface area contributed by atoms with Gasteiger partial charge >= 0.3 is 7.60 Å². The first-order chi connectivity index (χ1) is 20.2. The van der Waals surface area contributed by atoms with Crippen molar-refractivity contribution >= 4 is 23.3 Å². The van der Waals surface area contributed by atoms with Gasteiger partial charge in [0, 0.05) is 19.0 Å².